The molecule has 1 atom stereocenters. The number of benzene rings is 3. The lowest BCUT2D eigenvalue weighted by Gasteiger charge is -2.25. The van der Waals surface area contributed by atoms with Gasteiger partial charge in [0.15, 0.2) is 4.80 Å². The lowest BCUT2D eigenvalue weighted by Crippen LogP contribution is -2.40. The van der Waals surface area contributed by atoms with Crippen molar-refractivity contribution < 1.29 is 4.79 Å². The Kier molecular flexibility index (Phi) is 5.87. The number of rotatable bonds is 4. The number of aromatic amines is 1. The number of aromatic nitrogens is 2. The van der Waals surface area contributed by atoms with Crippen LogP contribution in [0.4, 0.5) is 5.69 Å². The number of hydrogen-bond donors (Lipinski definition) is 2. The molecule has 6 rings (SSSR count). The fourth-order valence-electron chi connectivity index (χ4n) is 4.65. The second kappa shape index (κ2) is 9.35. The number of thiazole rings is 1. The molecule has 2 aromatic heterocycles. The minimum atomic E-state index is -0.651. The maximum absolute atomic E-state index is 13.9. The molecular weight excluding hydrogens is 504 g/mol. The zero-order chi connectivity index (χ0) is 25.5. The molecule has 1 aliphatic rings. The minimum Gasteiger partial charge on any atom is -0.361 e. The largest absolute Gasteiger partial charge is 0.361 e. The molecule has 3 heterocycles. The number of allylic oxidation sites excluding steroid dienone is 1. The van der Waals surface area contributed by atoms with Crippen molar-refractivity contribution in [3.63, 3.8) is 0 Å². The van der Waals surface area contributed by atoms with E-state index in [1.165, 1.54) is 11.3 Å². The van der Waals surface area contributed by atoms with E-state index in [1.54, 1.807) is 23.6 Å². The molecule has 1 aliphatic heterocycles. The first-order valence-electron chi connectivity index (χ1n) is 11.7. The molecule has 3 aromatic carbocycles. The molecule has 0 fully saturated rings. The summed E-state index contributed by atoms with van der Waals surface area (Å²) in [6.07, 6.45) is 3.77. The Bertz CT molecular complexity index is 1870. The Morgan fingerprint density at radius 3 is 2.57 bits per heavy atom. The summed E-state index contributed by atoms with van der Waals surface area (Å²) < 4.78 is 2.15. The maximum Gasteiger partial charge on any atom is 0.271 e. The van der Waals surface area contributed by atoms with E-state index in [0.29, 0.717) is 31.3 Å². The van der Waals surface area contributed by atoms with Gasteiger partial charge in [-0.1, -0.05) is 71.5 Å². The number of anilines is 1. The summed E-state index contributed by atoms with van der Waals surface area (Å²) in [6.45, 7) is 1.81. The number of carbonyl (C=O) groups excluding carboxylic acids is 1. The first-order valence-corrected chi connectivity index (χ1v) is 12.9. The first kappa shape index (κ1) is 23.2. The molecule has 0 bridgehead atoms. The first-order chi connectivity index (χ1) is 18.0. The average molecular weight is 525 g/mol. The normalized spacial score (nSPS) is 15.5. The Morgan fingerprint density at radius 1 is 1.05 bits per heavy atom. The lowest BCUT2D eigenvalue weighted by atomic mass is 9.95. The van der Waals surface area contributed by atoms with Crippen molar-refractivity contribution in [3.8, 4) is 0 Å². The Balaban J connectivity index is 1.52. The van der Waals surface area contributed by atoms with Gasteiger partial charge in [-0.15, -0.1) is 0 Å². The molecule has 0 saturated carbocycles. The number of amides is 1. The summed E-state index contributed by atoms with van der Waals surface area (Å²) in [7, 11) is 0. The van der Waals surface area contributed by atoms with Gasteiger partial charge in [-0.05, 0) is 48.9 Å². The highest BCUT2D eigenvalue weighted by Crippen LogP contribution is 2.31. The summed E-state index contributed by atoms with van der Waals surface area (Å²) in [6, 6.07) is 23.8. The molecule has 1 amide bonds. The molecule has 37 heavy (non-hydrogen) atoms. The van der Waals surface area contributed by atoms with Gasteiger partial charge in [0, 0.05) is 33.4 Å². The van der Waals surface area contributed by atoms with E-state index in [-0.39, 0.29) is 11.5 Å². The molecule has 8 heteroatoms. The van der Waals surface area contributed by atoms with Crippen LogP contribution in [0.25, 0.3) is 17.0 Å². The van der Waals surface area contributed by atoms with E-state index in [4.69, 9.17) is 16.6 Å². The number of para-hydroxylation sites is 2. The van der Waals surface area contributed by atoms with Crippen LogP contribution in [0.2, 0.25) is 5.02 Å². The van der Waals surface area contributed by atoms with E-state index in [2.05, 4.69) is 10.3 Å². The summed E-state index contributed by atoms with van der Waals surface area (Å²) in [5, 5.41) is 4.56. The molecule has 2 N–H and O–H groups in total. The SMILES string of the molecule is CC1=C(C(=O)Nc2ccccc2)C(c2ccc(Cl)cc2)n2c(s/c(=C/c3c[nH]c4ccccc34)c2=O)=N1. The number of nitrogens with zero attached hydrogens (tertiary/aromatic N) is 2. The van der Waals surface area contributed by atoms with Crippen molar-refractivity contribution in [1.82, 2.24) is 9.55 Å². The highest BCUT2D eigenvalue weighted by Gasteiger charge is 2.32. The van der Waals surface area contributed by atoms with Crippen LogP contribution in [0, 0.1) is 0 Å². The van der Waals surface area contributed by atoms with Crippen molar-refractivity contribution in [3.05, 3.63) is 132 Å². The zero-order valence-corrected chi connectivity index (χ0v) is 21.3. The van der Waals surface area contributed by atoms with Gasteiger partial charge >= 0.3 is 0 Å². The number of hydrogen-bond acceptors (Lipinski definition) is 4. The summed E-state index contributed by atoms with van der Waals surface area (Å²) in [5.41, 5.74) is 4.13. The third-order valence-corrected chi connectivity index (χ3v) is 7.63. The predicted octanol–water partition coefficient (Wildman–Crippen LogP) is 5.01. The zero-order valence-electron chi connectivity index (χ0n) is 19.7. The number of H-pyrrole nitrogens is 1. The number of halogens is 1. The van der Waals surface area contributed by atoms with E-state index >= 15 is 0 Å². The predicted molar refractivity (Wildman–Crippen MR) is 149 cm³/mol. The van der Waals surface area contributed by atoms with Crippen LogP contribution in [0.5, 0.6) is 0 Å². The Morgan fingerprint density at radius 2 is 1.78 bits per heavy atom. The van der Waals surface area contributed by atoms with Crippen LogP contribution in [0.15, 0.2) is 106 Å². The molecular formula is C29H21ClN4O2S. The van der Waals surface area contributed by atoms with Crippen LogP contribution in [-0.4, -0.2) is 15.5 Å². The Hall–Kier alpha value is -4.20. The van der Waals surface area contributed by atoms with E-state index in [1.807, 2.05) is 79.0 Å². The van der Waals surface area contributed by atoms with Crippen molar-refractivity contribution >= 4 is 51.5 Å². The number of carbonyl (C=O) groups is 1. The molecule has 0 spiro atoms. The highest BCUT2D eigenvalue weighted by atomic mass is 35.5. The molecule has 0 aliphatic carbocycles. The highest BCUT2D eigenvalue weighted by molar-refractivity contribution is 7.07. The molecule has 0 saturated heterocycles. The molecule has 182 valence electrons. The summed E-state index contributed by atoms with van der Waals surface area (Å²) >= 11 is 7.48. The van der Waals surface area contributed by atoms with Gasteiger partial charge in [-0.25, -0.2) is 4.99 Å². The van der Waals surface area contributed by atoms with E-state index in [9.17, 15) is 9.59 Å². The van der Waals surface area contributed by atoms with Gasteiger partial charge in [-0.3, -0.25) is 14.2 Å². The third kappa shape index (κ3) is 4.22. The van der Waals surface area contributed by atoms with Crippen molar-refractivity contribution in [2.75, 3.05) is 5.32 Å². The monoisotopic (exact) mass is 524 g/mol. The van der Waals surface area contributed by atoms with Crippen LogP contribution in [0.1, 0.15) is 24.1 Å². The van der Waals surface area contributed by atoms with Crippen LogP contribution in [0.3, 0.4) is 0 Å². The topological polar surface area (TPSA) is 79.2 Å². The molecule has 0 radical (unpaired) electrons. The van der Waals surface area contributed by atoms with Crippen molar-refractivity contribution in [2.45, 2.75) is 13.0 Å². The lowest BCUT2D eigenvalue weighted by molar-refractivity contribution is -0.113. The molecule has 5 aromatic rings. The molecule has 6 nitrogen and oxygen atoms in total. The summed E-state index contributed by atoms with van der Waals surface area (Å²) in [5.74, 6) is -0.307. The van der Waals surface area contributed by atoms with Gasteiger partial charge in [0.1, 0.15) is 0 Å². The van der Waals surface area contributed by atoms with Gasteiger partial charge < -0.3 is 10.3 Å². The van der Waals surface area contributed by atoms with E-state index in [0.717, 1.165) is 22.0 Å². The smallest absolute Gasteiger partial charge is 0.271 e. The number of fused-ring (bicyclic) bond motifs is 2. The number of nitrogens with one attached hydrogen (secondary N) is 2. The Labute approximate surface area is 220 Å². The van der Waals surface area contributed by atoms with Gasteiger partial charge in [0.25, 0.3) is 11.5 Å². The fraction of sp³-hybridized carbons (Fsp3) is 0.0690. The van der Waals surface area contributed by atoms with Crippen LogP contribution < -0.4 is 20.2 Å². The van der Waals surface area contributed by atoms with Crippen molar-refractivity contribution in [1.29, 1.82) is 0 Å². The molecule has 1 unspecified atom stereocenters. The van der Waals surface area contributed by atoms with Gasteiger partial charge in [0.05, 0.1) is 21.8 Å². The summed E-state index contributed by atoms with van der Waals surface area (Å²) in [4.78, 5) is 35.9. The van der Waals surface area contributed by atoms with Crippen LogP contribution in [-0.2, 0) is 4.79 Å². The quantitative estimate of drug-likeness (QED) is 0.347. The van der Waals surface area contributed by atoms with Crippen LogP contribution >= 0.6 is 22.9 Å². The average Bonchev–Trinajstić information content (AvgIpc) is 3.45. The third-order valence-electron chi connectivity index (χ3n) is 6.39. The van der Waals surface area contributed by atoms with Gasteiger partial charge in [0.2, 0.25) is 0 Å². The standard InChI is InChI=1S/C29H21ClN4O2S/c1-17-25(27(35)33-21-7-3-2-4-8-21)26(18-11-13-20(30)14-12-18)34-28(36)24(37-29(34)32-17)15-19-16-31-23-10-6-5-9-22(19)23/h2-16,26,31H,1H3,(H,33,35)/b24-15+. The fourth-order valence-corrected chi connectivity index (χ4v) is 5.81. The second-order valence-electron chi connectivity index (χ2n) is 8.74. The maximum atomic E-state index is 13.9. The minimum absolute atomic E-state index is 0.202. The van der Waals surface area contributed by atoms with Crippen molar-refractivity contribution in [2.24, 2.45) is 4.99 Å². The van der Waals surface area contributed by atoms with E-state index < -0.39 is 6.04 Å². The second-order valence-corrected chi connectivity index (χ2v) is 10.2. The van der Waals surface area contributed by atoms with Gasteiger partial charge in [-0.2, -0.15) is 0 Å².